The van der Waals surface area contributed by atoms with Gasteiger partial charge in [-0.1, -0.05) is 41.9 Å². The van der Waals surface area contributed by atoms with E-state index in [0.29, 0.717) is 29.7 Å². The second kappa shape index (κ2) is 10.1. The number of ether oxygens (including phenoxy) is 1. The summed E-state index contributed by atoms with van der Waals surface area (Å²) in [5.41, 5.74) is 1.18. The van der Waals surface area contributed by atoms with Crippen molar-refractivity contribution in [1.29, 1.82) is 0 Å². The summed E-state index contributed by atoms with van der Waals surface area (Å²) in [7, 11) is -2.87. The number of benzene rings is 2. The lowest BCUT2D eigenvalue weighted by Gasteiger charge is -2.09. The molecule has 1 unspecified atom stereocenters. The van der Waals surface area contributed by atoms with Crippen LogP contribution < -0.4 is 0 Å². The van der Waals surface area contributed by atoms with Crippen molar-refractivity contribution in [2.75, 3.05) is 13.2 Å². The van der Waals surface area contributed by atoms with E-state index in [1.807, 2.05) is 30.3 Å². The molecule has 0 aliphatic heterocycles. The Morgan fingerprint density at radius 1 is 0.917 bits per heavy atom. The lowest BCUT2D eigenvalue weighted by Crippen LogP contribution is -2.06. The largest absolute Gasteiger partial charge is 0.377 e. The molecule has 1 atom stereocenters. The normalized spacial score (nSPS) is 13.5. The van der Waals surface area contributed by atoms with E-state index in [1.165, 1.54) is 5.56 Å². The Balaban J connectivity index is 1.57. The molecular formula is C18H21ClO3S2. The summed E-state index contributed by atoms with van der Waals surface area (Å²) in [6.07, 6.45) is 2.69. The van der Waals surface area contributed by atoms with Gasteiger partial charge in [0.2, 0.25) is 0 Å². The fourth-order valence-electron chi connectivity index (χ4n) is 2.09. The van der Waals surface area contributed by atoms with Crippen LogP contribution in [0, 0.1) is 0 Å². The van der Waals surface area contributed by atoms with Crippen molar-refractivity contribution in [3.63, 3.8) is 0 Å². The van der Waals surface area contributed by atoms with Crippen LogP contribution in [-0.2, 0) is 35.5 Å². The van der Waals surface area contributed by atoms with Gasteiger partial charge in [-0.05, 0) is 49.1 Å². The van der Waals surface area contributed by atoms with E-state index in [-0.39, 0.29) is 0 Å². The molecule has 0 heterocycles. The Morgan fingerprint density at radius 3 is 2.29 bits per heavy atom. The third-order valence-electron chi connectivity index (χ3n) is 3.39. The predicted molar refractivity (Wildman–Crippen MR) is 101 cm³/mol. The summed E-state index contributed by atoms with van der Waals surface area (Å²) >= 11 is 10.9. The Hall–Kier alpha value is -0.980. The topological polar surface area (TPSA) is 35.5 Å². The molecule has 0 bridgehead atoms. The molecule has 0 amide bonds. The van der Waals surface area contributed by atoms with Crippen LogP contribution in [0.4, 0.5) is 0 Å². The third kappa shape index (κ3) is 6.87. The first kappa shape index (κ1) is 19.3. The number of hydrogen-bond donors (Lipinski definition) is 0. The van der Waals surface area contributed by atoms with Gasteiger partial charge in [0.15, 0.2) is 8.77 Å². The molecule has 24 heavy (non-hydrogen) atoms. The summed E-state index contributed by atoms with van der Waals surface area (Å²) in [6, 6.07) is 16.7. The maximum absolute atomic E-state index is 12.3. The van der Waals surface area contributed by atoms with Gasteiger partial charge in [0.25, 0.3) is 0 Å². The molecule has 0 aliphatic carbocycles. The second-order valence-corrected chi connectivity index (χ2v) is 8.70. The molecule has 0 N–H and O–H groups in total. The van der Waals surface area contributed by atoms with E-state index >= 15 is 0 Å². The molecule has 3 nitrogen and oxygen atoms in total. The van der Waals surface area contributed by atoms with Crippen LogP contribution in [0.25, 0.3) is 0 Å². The summed E-state index contributed by atoms with van der Waals surface area (Å²) < 4.78 is 23.3. The predicted octanol–water partition coefficient (Wildman–Crippen LogP) is 4.76. The van der Waals surface area contributed by atoms with E-state index in [1.54, 1.807) is 24.3 Å². The standard InChI is InChI=1S/C18H21ClO3S2/c19-17-9-11-18(12-10-17)24(20,23)22-14-6-2-5-13-21-15-16-7-3-1-4-8-16/h1,3-4,7-12H,2,5-6,13-15H2. The molecular weight excluding hydrogens is 364 g/mol. The van der Waals surface area contributed by atoms with Crippen LogP contribution in [0.3, 0.4) is 0 Å². The molecule has 0 radical (unpaired) electrons. The summed E-state index contributed by atoms with van der Waals surface area (Å²) in [5, 5.41) is 0.583. The van der Waals surface area contributed by atoms with E-state index in [4.69, 9.17) is 31.7 Å². The third-order valence-corrected chi connectivity index (χ3v) is 5.83. The summed E-state index contributed by atoms with van der Waals surface area (Å²) in [6.45, 7) is 1.72. The van der Waals surface area contributed by atoms with Crippen LogP contribution in [-0.4, -0.2) is 17.4 Å². The average molecular weight is 385 g/mol. The molecule has 0 saturated heterocycles. The fraction of sp³-hybridized carbons (Fsp3) is 0.333. The quantitative estimate of drug-likeness (QED) is 0.553. The van der Waals surface area contributed by atoms with Crippen LogP contribution in [0.2, 0.25) is 5.02 Å². The van der Waals surface area contributed by atoms with Gasteiger partial charge in [-0.3, -0.25) is 4.18 Å². The number of hydrogen-bond acceptors (Lipinski definition) is 4. The van der Waals surface area contributed by atoms with Gasteiger partial charge >= 0.3 is 0 Å². The van der Waals surface area contributed by atoms with Crippen molar-refractivity contribution in [2.45, 2.75) is 30.8 Å². The molecule has 130 valence electrons. The van der Waals surface area contributed by atoms with Gasteiger partial charge in [-0.15, -0.1) is 0 Å². The zero-order valence-electron chi connectivity index (χ0n) is 13.4. The minimum atomic E-state index is -2.87. The van der Waals surface area contributed by atoms with Crippen LogP contribution >= 0.6 is 11.6 Å². The van der Waals surface area contributed by atoms with Crippen LogP contribution in [0.5, 0.6) is 0 Å². The minimum Gasteiger partial charge on any atom is -0.377 e. The van der Waals surface area contributed by atoms with Crippen molar-refractivity contribution in [1.82, 2.24) is 0 Å². The van der Waals surface area contributed by atoms with Crippen molar-refractivity contribution in [3.8, 4) is 0 Å². The number of rotatable bonds is 10. The second-order valence-electron chi connectivity index (χ2n) is 5.33. The monoisotopic (exact) mass is 384 g/mol. The summed E-state index contributed by atoms with van der Waals surface area (Å²) in [5.74, 6) is 0. The molecule has 0 aromatic heterocycles. The average Bonchev–Trinajstić information content (AvgIpc) is 2.58. The van der Waals surface area contributed by atoms with E-state index in [0.717, 1.165) is 19.3 Å². The minimum absolute atomic E-state index is 0.379. The molecule has 2 aromatic rings. The molecule has 0 aliphatic rings. The number of unbranched alkanes of at least 4 members (excludes halogenated alkanes) is 2. The van der Waals surface area contributed by atoms with Crippen LogP contribution in [0.1, 0.15) is 24.8 Å². The zero-order valence-corrected chi connectivity index (χ0v) is 15.7. The first-order valence-corrected chi connectivity index (χ1v) is 10.6. The molecule has 0 saturated carbocycles. The zero-order chi connectivity index (χ0) is 17.3. The first-order chi connectivity index (χ1) is 11.6. The lowest BCUT2D eigenvalue weighted by molar-refractivity contribution is 0.116. The van der Waals surface area contributed by atoms with Crippen molar-refractivity contribution in [2.24, 2.45) is 0 Å². The van der Waals surface area contributed by atoms with E-state index in [2.05, 4.69) is 0 Å². The molecule has 2 aromatic carbocycles. The van der Waals surface area contributed by atoms with Gasteiger partial charge in [-0.25, -0.2) is 4.21 Å². The van der Waals surface area contributed by atoms with Gasteiger partial charge in [-0.2, -0.15) is 0 Å². The van der Waals surface area contributed by atoms with Crippen molar-refractivity contribution < 1.29 is 13.1 Å². The van der Waals surface area contributed by atoms with Gasteiger partial charge in [0.05, 0.1) is 18.1 Å². The molecule has 0 fully saturated rings. The van der Waals surface area contributed by atoms with E-state index < -0.39 is 8.77 Å². The highest BCUT2D eigenvalue weighted by atomic mass is 35.5. The molecule has 2 rings (SSSR count). The Bertz CT molecular complexity index is 701. The Kier molecular flexibility index (Phi) is 8.15. The summed E-state index contributed by atoms with van der Waals surface area (Å²) in [4.78, 5) is 0.494. The lowest BCUT2D eigenvalue weighted by atomic mass is 10.2. The molecule has 6 heteroatoms. The molecule has 0 spiro atoms. The first-order valence-electron chi connectivity index (χ1n) is 7.84. The Labute approximate surface area is 153 Å². The Morgan fingerprint density at radius 2 is 1.58 bits per heavy atom. The van der Waals surface area contributed by atoms with Gasteiger partial charge in [0.1, 0.15) is 0 Å². The van der Waals surface area contributed by atoms with Crippen molar-refractivity contribution in [3.05, 3.63) is 65.2 Å². The highest BCUT2D eigenvalue weighted by molar-refractivity contribution is 8.30. The maximum atomic E-state index is 12.3. The smallest absolute Gasteiger partial charge is 0.173 e. The van der Waals surface area contributed by atoms with Crippen LogP contribution in [0.15, 0.2) is 59.5 Å². The maximum Gasteiger partial charge on any atom is 0.173 e. The SMILES string of the molecule is O=S(=S)(OCCCCCOCc1ccccc1)c1ccc(Cl)cc1. The highest BCUT2D eigenvalue weighted by Crippen LogP contribution is 2.17. The van der Waals surface area contributed by atoms with E-state index in [9.17, 15) is 4.21 Å². The highest BCUT2D eigenvalue weighted by Gasteiger charge is 2.10. The fourth-order valence-corrected chi connectivity index (χ4v) is 3.69. The van der Waals surface area contributed by atoms with Gasteiger partial charge in [0, 0.05) is 22.8 Å². The number of halogens is 1. The van der Waals surface area contributed by atoms with Crippen molar-refractivity contribution >= 4 is 31.6 Å². The van der Waals surface area contributed by atoms with Gasteiger partial charge < -0.3 is 4.74 Å².